The van der Waals surface area contributed by atoms with Gasteiger partial charge in [-0.05, 0) is 76.6 Å². The number of likely N-dealkylation sites (tertiary alicyclic amines) is 1. The first kappa shape index (κ1) is 29.6. The summed E-state index contributed by atoms with van der Waals surface area (Å²) in [5.41, 5.74) is 1.86. The van der Waals surface area contributed by atoms with E-state index in [0.29, 0.717) is 31.8 Å². The molecule has 1 heterocycles. The van der Waals surface area contributed by atoms with Crippen LogP contribution in [0.1, 0.15) is 58.6 Å². The molecule has 2 aromatic rings. The highest BCUT2D eigenvalue weighted by Crippen LogP contribution is 2.25. The van der Waals surface area contributed by atoms with E-state index in [1.165, 1.54) is 0 Å². The van der Waals surface area contributed by atoms with E-state index in [2.05, 4.69) is 6.07 Å². The molecule has 0 aromatic heterocycles. The van der Waals surface area contributed by atoms with Crippen molar-refractivity contribution in [1.82, 2.24) is 4.90 Å². The van der Waals surface area contributed by atoms with E-state index in [1.54, 1.807) is 17.9 Å². The van der Waals surface area contributed by atoms with Gasteiger partial charge in [-0.3, -0.25) is 0 Å². The molecule has 8 heteroatoms. The largest absolute Gasteiger partial charge is 0.490 e. The Balaban J connectivity index is 1.64. The van der Waals surface area contributed by atoms with Gasteiger partial charge in [0.05, 0.1) is 18.2 Å². The third-order valence-corrected chi connectivity index (χ3v) is 6.29. The summed E-state index contributed by atoms with van der Waals surface area (Å²) in [6, 6.07) is 16.7. The van der Waals surface area contributed by atoms with Gasteiger partial charge in [-0.15, -0.1) is 0 Å². The summed E-state index contributed by atoms with van der Waals surface area (Å²) < 4.78 is 16.9. The van der Waals surface area contributed by atoms with Crippen LogP contribution in [0.15, 0.2) is 54.6 Å². The van der Waals surface area contributed by atoms with Crippen molar-refractivity contribution in [1.29, 1.82) is 5.26 Å². The molecule has 208 valence electrons. The van der Waals surface area contributed by atoms with Crippen LogP contribution in [0.4, 0.5) is 10.5 Å². The summed E-state index contributed by atoms with van der Waals surface area (Å²) >= 11 is 0. The number of hydrogen-bond acceptors (Lipinski definition) is 7. The molecule has 3 rings (SSSR count). The first-order valence-electron chi connectivity index (χ1n) is 13.4. The fourth-order valence-electron chi connectivity index (χ4n) is 4.28. The van der Waals surface area contributed by atoms with E-state index in [0.717, 1.165) is 29.8 Å². The maximum atomic E-state index is 12.6. The number of carbonyl (C=O) groups is 2. The minimum atomic E-state index is -0.511. The SMILES string of the molecule is CCOC(=O)C(C)N(C/C=C/c1cccc(C#N)c1)c1ccc(OC2CCN(C(=O)OC(C)(C)C)CC2)cc1. The van der Waals surface area contributed by atoms with Crippen molar-refractivity contribution in [3.63, 3.8) is 0 Å². The van der Waals surface area contributed by atoms with Gasteiger partial charge in [-0.1, -0.05) is 24.3 Å². The predicted molar refractivity (Wildman–Crippen MR) is 152 cm³/mol. The average Bonchev–Trinajstić information content (AvgIpc) is 2.91. The molecule has 1 amide bonds. The van der Waals surface area contributed by atoms with Crippen LogP contribution in [0.5, 0.6) is 5.75 Å². The monoisotopic (exact) mass is 533 g/mol. The van der Waals surface area contributed by atoms with Crippen LogP contribution in [0.25, 0.3) is 6.08 Å². The van der Waals surface area contributed by atoms with E-state index >= 15 is 0 Å². The Labute approximate surface area is 231 Å². The van der Waals surface area contributed by atoms with Crippen molar-refractivity contribution in [2.24, 2.45) is 0 Å². The van der Waals surface area contributed by atoms with Crippen molar-refractivity contribution in [2.75, 3.05) is 31.1 Å². The molecule has 8 nitrogen and oxygen atoms in total. The van der Waals surface area contributed by atoms with Gasteiger partial charge < -0.3 is 24.0 Å². The molecule has 1 atom stereocenters. The Morgan fingerprint density at radius 3 is 2.46 bits per heavy atom. The molecule has 0 spiro atoms. The zero-order chi connectivity index (χ0) is 28.4. The quantitative estimate of drug-likeness (QED) is 0.376. The van der Waals surface area contributed by atoms with Crippen LogP contribution >= 0.6 is 0 Å². The van der Waals surface area contributed by atoms with Crippen LogP contribution < -0.4 is 9.64 Å². The van der Waals surface area contributed by atoms with Gasteiger partial charge >= 0.3 is 12.1 Å². The van der Waals surface area contributed by atoms with Gasteiger partial charge in [0.15, 0.2) is 0 Å². The number of ether oxygens (including phenoxy) is 3. The lowest BCUT2D eigenvalue weighted by atomic mass is 10.1. The number of nitrogens with zero attached hydrogens (tertiary/aromatic N) is 3. The van der Waals surface area contributed by atoms with Crippen LogP contribution in [-0.4, -0.2) is 61.0 Å². The summed E-state index contributed by atoms with van der Waals surface area (Å²) in [5, 5.41) is 9.14. The molecule has 1 aliphatic heterocycles. The molecule has 1 unspecified atom stereocenters. The van der Waals surface area contributed by atoms with Gasteiger partial charge in [-0.25, -0.2) is 9.59 Å². The van der Waals surface area contributed by atoms with E-state index in [4.69, 9.17) is 19.5 Å². The Morgan fingerprint density at radius 1 is 1.15 bits per heavy atom. The second-order valence-electron chi connectivity index (χ2n) is 10.5. The number of benzene rings is 2. The Hall–Kier alpha value is -3.99. The van der Waals surface area contributed by atoms with Crippen molar-refractivity contribution in [3.8, 4) is 11.8 Å². The highest BCUT2D eigenvalue weighted by atomic mass is 16.6. The number of piperidine rings is 1. The summed E-state index contributed by atoms with van der Waals surface area (Å²) in [4.78, 5) is 28.6. The number of anilines is 1. The number of rotatable bonds is 9. The first-order chi connectivity index (χ1) is 18.6. The minimum Gasteiger partial charge on any atom is -0.490 e. The molecule has 0 bridgehead atoms. The summed E-state index contributed by atoms with van der Waals surface area (Å²) in [6.45, 7) is 11.2. The summed E-state index contributed by atoms with van der Waals surface area (Å²) in [5.74, 6) is 0.441. The molecule has 1 saturated heterocycles. The van der Waals surface area contributed by atoms with Crippen LogP contribution in [0.3, 0.4) is 0 Å². The maximum Gasteiger partial charge on any atom is 0.410 e. The zero-order valence-electron chi connectivity index (χ0n) is 23.6. The van der Waals surface area contributed by atoms with Crippen molar-refractivity contribution in [3.05, 3.63) is 65.7 Å². The molecule has 39 heavy (non-hydrogen) atoms. The third-order valence-electron chi connectivity index (χ3n) is 6.29. The molecular weight excluding hydrogens is 494 g/mol. The minimum absolute atomic E-state index is 0.0104. The molecule has 0 radical (unpaired) electrons. The molecule has 0 aliphatic carbocycles. The van der Waals surface area contributed by atoms with E-state index in [1.807, 2.05) is 87.2 Å². The van der Waals surface area contributed by atoms with Gasteiger partial charge in [0.2, 0.25) is 0 Å². The molecule has 1 aliphatic rings. The fourth-order valence-corrected chi connectivity index (χ4v) is 4.28. The van der Waals surface area contributed by atoms with E-state index in [-0.39, 0.29) is 18.2 Å². The van der Waals surface area contributed by atoms with Crippen molar-refractivity contribution < 1.29 is 23.8 Å². The number of carbonyl (C=O) groups excluding carboxylic acids is 2. The van der Waals surface area contributed by atoms with Gasteiger partial charge in [0.25, 0.3) is 0 Å². The second kappa shape index (κ2) is 13.7. The third kappa shape index (κ3) is 9.06. The van der Waals surface area contributed by atoms with E-state index in [9.17, 15) is 9.59 Å². The number of nitriles is 1. The lowest BCUT2D eigenvalue weighted by Crippen LogP contribution is -2.44. The number of esters is 1. The Morgan fingerprint density at radius 2 is 1.85 bits per heavy atom. The van der Waals surface area contributed by atoms with Crippen LogP contribution in [0, 0.1) is 11.3 Å². The molecule has 0 N–H and O–H groups in total. The van der Waals surface area contributed by atoms with Gasteiger partial charge in [0.1, 0.15) is 23.5 Å². The van der Waals surface area contributed by atoms with Gasteiger partial charge in [0, 0.05) is 38.2 Å². The summed E-state index contributed by atoms with van der Waals surface area (Å²) in [7, 11) is 0. The fraction of sp³-hybridized carbons (Fsp3) is 0.452. The highest BCUT2D eigenvalue weighted by molar-refractivity contribution is 5.80. The van der Waals surface area contributed by atoms with Crippen molar-refractivity contribution in [2.45, 2.75) is 65.2 Å². The van der Waals surface area contributed by atoms with Crippen LogP contribution in [0.2, 0.25) is 0 Å². The smallest absolute Gasteiger partial charge is 0.410 e. The average molecular weight is 534 g/mol. The predicted octanol–water partition coefficient (Wildman–Crippen LogP) is 5.81. The normalized spacial score (nSPS) is 14.9. The van der Waals surface area contributed by atoms with E-state index < -0.39 is 11.6 Å². The standard InChI is InChI=1S/C31H39N3O5/c1-6-37-29(35)23(2)34(18-8-11-24-9-7-10-25(21-24)22-32)26-12-14-27(15-13-26)38-28-16-19-33(20-17-28)30(36)39-31(3,4)5/h7-15,21,23,28H,6,16-20H2,1-5H3/b11-8+. The molecule has 0 saturated carbocycles. The maximum absolute atomic E-state index is 12.6. The van der Waals surface area contributed by atoms with Crippen molar-refractivity contribution >= 4 is 23.8 Å². The number of hydrogen-bond donors (Lipinski definition) is 0. The molecule has 2 aromatic carbocycles. The second-order valence-corrected chi connectivity index (χ2v) is 10.5. The Bertz CT molecular complexity index is 1170. The summed E-state index contributed by atoms with van der Waals surface area (Å²) in [6.07, 6.45) is 5.08. The van der Waals surface area contributed by atoms with Crippen LogP contribution in [-0.2, 0) is 14.3 Å². The van der Waals surface area contributed by atoms with Gasteiger partial charge in [-0.2, -0.15) is 5.26 Å². The zero-order valence-corrected chi connectivity index (χ0v) is 23.6. The highest BCUT2D eigenvalue weighted by Gasteiger charge is 2.28. The lowest BCUT2D eigenvalue weighted by molar-refractivity contribution is -0.144. The number of amides is 1. The molecule has 1 fully saturated rings. The Kier molecular flexibility index (Phi) is 10.4. The molecular formula is C31H39N3O5. The first-order valence-corrected chi connectivity index (χ1v) is 13.4. The lowest BCUT2D eigenvalue weighted by Gasteiger charge is -2.33. The topological polar surface area (TPSA) is 92.1 Å².